The molecule has 3 heterocycles. The number of amides is 2. The summed E-state index contributed by atoms with van der Waals surface area (Å²) in [4.78, 5) is 31.1. The molecule has 116 valence electrons. The fourth-order valence-corrected chi connectivity index (χ4v) is 3.49. The normalized spacial score (nSPS) is 15.0. The lowest BCUT2D eigenvalue weighted by Crippen LogP contribution is -2.49. The number of carbonyl (C=O) groups is 2. The molecule has 7 heteroatoms. The van der Waals surface area contributed by atoms with E-state index in [2.05, 4.69) is 17.2 Å². The minimum Gasteiger partial charge on any atom is -0.353 e. The first kappa shape index (κ1) is 14.8. The molecule has 1 aliphatic heterocycles. The maximum absolute atomic E-state index is 12.7. The van der Waals surface area contributed by atoms with E-state index in [1.165, 1.54) is 11.3 Å². The molecule has 1 N–H and O–H groups in total. The predicted molar refractivity (Wildman–Crippen MR) is 84.3 cm³/mol. The van der Waals surface area contributed by atoms with E-state index in [1.807, 2.05) is 29.1 Å². The van der Waals surface area contributed by atoms with E-state index >= 15 is 0 Å². The second-order valence-corrected chi connectivity index (χ2v) is 6.17. The van der Waals surface area contributed by atoms with Crippen molar-refractivity contribution in [2.45, 2.75) is 19.8 Å². The van der Waals surface area contributed by atoms with Crippen LogP contribution in [0.3, 0.4) is 0 Å². The second kappa shape index (κ2) is 6.31. The third-order valence-corrected chi connectivity index (χ3v) is 4.62. The first-order valence-electron chi connectivity index (χ1n) is 7.38. The highest BCUT2D eigenvalue weighted by atomic mass is 32.1. The summed E-state index contributed by atoms with van der Waals surface area (Å²) in [6, 6.07) is 3.86. The quantitative estimate of drug-likeness (QED) is 0.928. The van der Waals surface area contributed by atoms with E-state index in [1.54, 1.807) is 4.90 Å². The monoisotopic (exact) mass is 318 g/mol. The van der Waals surface area contributed by atoms with Crippen molar-refractivity contribution in [2.75, 3.05) is 19.6 Å². The minimum absolute atomic E-state index is 0.0887. The van der Waals surface area contributed by atoms with E-state index in [0.29, 0.717) is 18.0 Å². The third kappa shape index (κ3) is 2.89. The number of aromatic nitrogens is 2. The fourth-order valence-electron chi connectivity index (χ4n) is 2.44. The summed E-state index contributed by atoms with van der Waals surface area (Å²) in [5, 5.41) is 3.53. The number of hydrogen-bond acceptors (Lipinski definition) is 4. The molecule has 0 aliphatic carbocycles. The van der Waals surface area contributed by atoms with E-state index in [0.717, 1.165) is 23.7 Å². The molecule has 2 aromatic rings. The lowest BCUT2D eigenvalue weighted by Gasteiger charge is -2.26. The van der Waals surface area contributed by atoms with Crippen LogP contribution in [-0.2, 0) is 11.2 Å². The van der Waals surface area contributed by atoms with Gasteiger partial charge in [-0.05, 0) is 18.6 Å². The Morgan fingerprint density at radius 1 is 1.41 bits per heavy atom. The number of rotatable bonds is 4. The van der Waals surface area contributed by atoms with Crippen LogP contribution < -0.4 is 5.32 Å². The van der Waals surface area contributed by atoms with Crippen molar-refractivity contribution in [3.05, 3.63) is 35.1 Å². The van der Waals surface area contributed by atoms with Crippen LogP contribution >= 0.6 is 11.3 Å². The van der Waals surface area contributed by atoms with Crippen LogP contribution in [0.4, 0.5) is 0 Å². The van der Waals surface area contributed by atoms with Crippen molar-refractivity contribution in [2.24, 2.45) is 0 Å². The Morgan fingerprint density at radius 3 is 2.86 bits per heavy atom. The molecule has 1 fully saturated rings. The average molecular weight is 318 g/mol. The highest BCUT2D eigenvalue weighted by Crippen LogP contribution is 2.25. The Labute approximate surface area is 132 Å². The van der Waals surface area contributed by atoms with E-state index in [9.17, 15) is 9.59 Å². The van der Waals surface area contributed by atoms with Crippen molar-refractivity contribution in [3.8, 4) is 5.13 Å². The summed E-state index contributed by atoms with van der Waals surface area (Å²) in [6.07, 6.45) is 5.52. The van der Waals surface area contributed by atoms with Gasteiger partial charge in [-0.1, -0.05) is 24.7 Å². The molecule has 1 aliphatic rings. The van der Waals surface area contributed by atoms with Crippen molar-refractivity contribution < 1.29 is 9.59 Å². The zero-order chi connectivity index (χ0) is 15.5. The van der Waals surface area contributed by atoms with Crippen molar-refractivity contribution >= 4 is 23.2 Å². The van der Waals surface area contributed by atoms with Gasteiger partial charge in [0, 0.05) is 25.5 Å². The molecule has 0 radical (unpaired) electrons. The predicted octanol–water partition coefficient (Wildman–Crippen LogP) is 1.46. The van der Waals surface area contributed by atoms with Gasteiger partial charge in [0.2, 0.25) is 5.91 Å². The topological polar surface area (TPSA) is 67.2 Å². The molecule has 0 unspecified atom stereocenters. The maximum atomic E-state index is 12.7. The van der Waals surface area contributed by atoms with Gasteiger partial charge in [0.25, 0.3) is 5.91 Å². The molecular weight excluding hydrogens is 300 g/mol. The third-order valence-electron chi connectivity index (χ3n) is 3.52. The van der Waals surface area contributed by atoms with Crippen LogP contribution in [0, 0.1) is 0 Å². The SMILES string of the molecule is CCCc1nc(-n2cccc2)sc1C(=O)N1CCNC(=O)C1. The molecule has 0 aromatic carbocycles. The Bertz CT molecular complexity index is 678. The standard InChI is InChI=1S/C15H18N4O2S/c1-2-5-11-13(14(21)19-9-6-16-12(20)10-19)22-15(17-11)18-7-3-4-8-18/h3-4,7-8H,2,5-6,9-10H2,1H3,(H,16,20). The Balaban J connectivity index is 1.90. The first-order valence-corrected chi connectivity index (χ1v) is 8.19. The molecule has 0 atom stereocenters. The second-order valence-electron chi connectivity index (χ2n) is 5.19. The van der Waals surface area contributed by atoms with Crippen LogP contribution in [0.25, 0.3) is 5.13 Å². The summed E-state index contributed by atoms with van der Waals surface area (Å²) in [7, 11) is 0. The van der Waals surface area contributed by atoms with Crippen LogP contribution in [0.5, 0.6) is 0 Å². The highest BCUT2D eigenvalue weighted by Gasteiger charge is 2.26. The van der Waals surface area contributed by atoms with Gasteiger partial charge in [-0.3, -0.25) is 9.59 Å². The van der Waals surface area contributed by atoms with Crippen LogP contribution in [0.1, 0.15) is 28.7 Å². The molecular formula is C15H18N4O2S. The number of hydrogen-bond donors (Lipinski definition) is 1. The molecule has 22 heavy (non-hydrogen) atoms. The van der Waals surface area contributed by atoms with Gasteiger partial charge in [0.1, 0.15) is 4.88 Å². The zero-order valence-electron chi connectivity index (χ0n) is 12.4. The first-order chi connectivity index (χ1) is 10.7. The summed E-state index contributed by atoms with van der Waals surface area (Å²) in [5.74, 6) is -0.194. The number of thiazole rings is 1. The minimum atomic E-state index is -0.105. The molecule has 0 spiro atoms. The van der Waals surface area contributed by atoms with Crippen molar-refractivity contribution in [1.82, 2.24) is 19.8 Å². The zero-order valence-corrected chi connectivity index (χ0v) is 13.2. The molecule has 1 saturated heterocycles. The van der Waals surface area contributed by atoms with Gasteiger partial charge >= 0.3 is 0 Å². The van der Waals surface area contributed by atoms with Gasteiger partial charge < -0.3 is 14.8 Å². The lowest BCUT2D eigenvalue weighted by molar-refractivity contribution is -0.123. The maximum Gasteiger partial charge on any atom is 0.266 e. The summed E-state index contributed by atoms with van der Waals surface area (Å²) in [6.45, 7) is 3.25. The number of carbonyl (C=O) groups excluding carboxylic acids is 2. The molecule has 3 rings (SSSR count). The molecule has 6 nitrogen and oxygen atoms in total. The van der Waals surface area contributed by atoms with E-state index in [-0.39, 0.29) is 18.4 Å². The highest BCUT2D eigenvalue weighted by molar-refractivity contribution is 7.16. The largest absolute Gasteiger partial charge is 0.353 e. The number of nitrogens with one attached hydrogen (secondary N) is 1. The smallest absolute Gasteiger partial charge is 0.266 e. The van der Waals surface area contributed by atoms with Gasteiger partial charge in [0.15, 0.2) is 5.13 Å². The Hall–Kier alpha value is -2.15. The Kier molecular flexibility index (Phi) is 4.24. The number of piperazine rings is 1. The van der Waals surface area contributed by atoms with Gasteiger partial charge in [0.05, 0.1) is 12.2 Å². The summed E-state index contributed by atoms with van der Waals surface area (Å²) >= 11 is 1.39. The van der Waals surface area contributed by atoms with E-state index in [4.69, 9.17) is 0 Å². The van der Waals surface area contributed by atoms with Gasteiger partial charge in [-0.25, -0.2) is 4.98 Å². The van der Waals surface area contributed by atoms with Gasteiger partial charge in [-0.2, -0.15) is 0 Å². The van der Waals surface area contributed by atoms with Crippen LogP contribution in [0.2, 0.25) is 0 Å². The van der Waals surface area contributed by atoms with Gasteiger partial charge in [-0.15, -0.1) is 0 Å². The number of nitrogens with zero attached hydrogens (tertiary/aromatic N) is 3. The number of aryl methyl sites for hydroxylation is 1. The summed E-state index contributed by atoms with van der Waals surface area (Å²) in [5.41, 5.74) is 0.826. The molecule has 2 aromatic heterocycles. The van der Waals surface area contributed by atoms with Crippen molar-refractivity contribution in [1.29, 1.82) is 0 Å². The lowest BCUT2D eigenvalue weighted by atomic mass is 10.2. The average Bonchev–Trinajstić information content (AvgIpc) is 3.16. The van der Waals surface area contributed by atoms with Crippen LogP contribution in [0.15, 0.2) is 24.5 Å². The van der Waals surface area contributed by atoms with Crippen LogP contribution in [-0.4, -0.2) is 45.9 Å². The molecule has 2 amide bonds. The van der Waals surface area contributed by atoms with Crippen molar-refractivity contribution in [3.63, 3.8) is 0 Å². The summed E-state index contributed by atoms with van der Waals surface area (Å²) < 4.78 is 1.91. The Morgan fingerprint density at radius 2 is 2.18 bits per heavy atom. The van der Waals surface area contributed by atoms with E-state index < -0.39 is 0 Å². The molecule has 0 bridgehead atoms. The fraction of sp³-hybridized carbons (Fsp3) is 0.400. The molecule has 0 saturated carbocycles.